The van der Waals surface area contributed by atoms with E-state index in [1.165, 1.54) is 6.08 Å². The SMILES string of the molecule is Cc1[nH]c2ccccc2c1C(=O)/C(C#N)=C/c1ccccc1OCC(=O)[O-]. The third-order valence-electron chi connectivity index (χ3n) is 4.05. The molecule has 6 nitrogen and oxygen atoms in total. The lowest BCUT2D eigenvalue weighted by Gasteiger charge is -2.10. The number of ketones is 1. The number of carboxylic acids is 1. The normalized spacial score (nSPS) is 11.2. The Balaban J connectivity index is 2.03. The first-order chi connectivity index (χ1) is 13.0. The van der Waals surface area contributed by atoms with Crippen LogP contribution in [0.15, 0.2) is 54.1 Å². The molecule has 0 fully saturated rings. The fourth-order valence-electron chi connectivity index (χ4n) is 2.88. The molecule has 134 valence electrons. The van der Waals surface area contributed by atoms with Crippen LogP contribution >= 0.6 is 0 Å². The van der Waals surface area contributed by atoms with E-state index < -0.39 is 18.4 Å². The van der Waals surface area contributed by atoms with E-state index >= 15 is 0 Å². The number of ether oxygens (including phenoxy) is 1. The highest BCUT2D eigenvalue weighted by Gasteiger charge is 2.20. The summed E-state index contributed by atoms with van der Waals surface area (Å²) in [6, 6.07) is 15.9. The predicted octanol–water partition coefficient (Wildman–Crippen LogP) is 2.39. The van der Waals surface area contributed by atoms with Crippen molar-refractivity contribution in [3.05, 3.63) is 70.9 Å². The standard InChI is InChI=1S/C21H16N2O4/c1-13-20(16-7-3-4-8-17(16)23-13)21(26)15(11-22)10-14-6-2-5-9-18(14)27-12-19(24)25/h2-10,23H,12H2,1H3,(H,24,25)/p-1/b15-10+. The van der Waals surface area contributed by atoms with Crippen molar-refractivity contribution in [2.24, 2.45) is 0 Å². The van der Waals surface area contributed by atoms with Crippen molar-refractivity contribution in [1.29, 1.82) is 5.26 Å². The number of nitrogens with one attached hydrogen (secondary N) is 1. The van der Waals surface area contributed by atoms with Crippen molar-refractivity contribution in [1.82, 2.24) is 4.98 Å². The van der Waals surface area contributed by atoms with Gasteiger partial charge in [-0.3, -0.25) is 4.79 Å². The molecule has 0 amide bonds. The van der Waals surface area contributed by atoms with E-state index in [9.17, 15) is 20.0 Å². The largest absolute Gasteiger partial charge is 0.546 e. The highest BCUT2D eigenvalue weighted by Crippen LogP contribution is 2.27. The van der Waals surface area contributed by atoms with Crippen molar-refractivity contribution in [2.45, 2.75) is 6.92 Å². The number of carbonyl (C=O) groups excluding carboxylic acids is 2. The van der Waals surface area contributed by atoms with E-state index in [0.717, 1.165) is 10.9 Å². The van der Waals surface area contributed by atoms with Crippen molar-refractivity contribution < 1.29 is 19.4 Å². The van der Waals surface area contributed by atoms with E-state index in [0.29, 0.717) is 16.8 Å². The van der Waals surface area contributed by atoms with Crippen LogP contribution in [-0.4, -0.2) is 23.3 Å². The number of Topliss-reactive ketones (excluding diaryl/α,β-unsaturated/α-hetero) is 1. The van der Waals surface area contributed by atoms with Crippen LogP contribution in [0, 0.1) is 18.3 Å². The van der Waals surface area contributed by atoms with Crippen molar-refractivity contribution in [2.75, 3.05) is 6.61 Å². The Hall–Kier alpha value is -3.85. The van der Waals surface area contributed by atoms with E-state index in [4.69, 9.17) is 4.74 Å². The Kier molecular flexibility index (Phi) is 5.04. The lowest BCUT2D eigenvalue weighted by molar-refractivity contribution is -0.307. The number of fused-ring (bicyclic) bond motifs is 1. The monoisotopic (exact) mass is 359 g/mol. The Bertz CT molecular complexity index is 1100. The van der Waals surface area contributed by atoms with E-state index in [-0.39, 0.29) is 11.3 Å². The summed E-state index contributed by atoms with van der Waals surface area (Å²) in [5.41, 5.74) is 2.28. The summed E-state index contributed by atoms with van der Waals surface area (Å²) in [5.74, 6) is -1.53. The van der Waals surface area contributed by atoms with E-state index in [2.05, 4.69) is 4.98 Å². The van der Waals surface area contributed by atoms with Gasteiger partial charge in [-0.25, -0.2) is 0 Å². The molecule has 0 atom stereocenters. The number of hydrogen-bond acceptors (Lipinski definition) is 5. The predicted molar refractivity (Wildman–Crippen MR) is 97.9 cm³/mol. The zero-order chi connectivity index (χ0) is 19.4. The van der Waals surface area contributed by atoms with Gasteiger partial charge in [0.1, 0.15) is 24.0 Å². The van der Waals surface area contributed by atoms with Gasteiger partial charge >= 0.3 is 0 Å². The number of benzene rings is 2. The number of para-hydroxylation sites is 2. The van der Waals surface area contributed by atoms with Crippen LogP contribution in [0.25, 0.3) is 17.0 Å². The first-order valence-electron chi connectivity index (χ1n) is 8.16. The average Bonchev–Trinajstić information content (AvgIpc) is 3.00. The molecule has 27 heavy (non-hydrogen) atoms. The summed E-state index contributed by atoms with van der Waals surface area (Å²) in [5, 5.41) is 20.9. The van der Waals surface area contributed by atoms with Crippen LogP contribution in [-0.2, 0) is 4.79 Å². The number of allylic oxidation sites excluding steroid dienone is 1. The minimum Gasteiger partial charge on any atom is -0.546 e. The van der Waals surface area contributed by atoms with Crippen molar-refractivity contribution in [3.8, 4) is 11.8 Å². The molecular weight excluding hydrogens is 344 g/mol. The van der Waals surface area contributed by atoms with Gasteiger partial charge in [0.25, 0.3) is 0 Å². The molecule has 0 unspecified atom stereocenters. The van der Waals surface area contributed by atoms with Gasteiger partial charge in [0.15, 0.2) is 0 Å². The van der Waals surface area contributed by atoms with Gasteiger partial charge in [-0.1, -0.05) is 36.4 Å². The fourth-order valence-corrected chi connectivity index (χ4v) is 2.88. The van der Waals surface area contributed by atoms with Crippen LogP contribution in [0.2, 0.25) is 0 Å². The molecule has 2 aromatic carbocycles. The van der Waals surface area contributed by atoms with Crippen LogP contribution in [0.1, 0.15) is 21.6 Å². The molecule has 0 aliphatic heterocycles. The number of nitrogens with zero attached hydrogens (tertiary/aromatic N) is 1. The van der Waals surface area contributed by atoms with Crippen LogP contribution < -0.4 is 9.84 Å². The molecule has 0 aliphatic rings. The van der Waals surface area contributed by atoms with Gasteiger partial charge in [-0.15, -0.1) is 0 Å². The molecule has 0 spiro atoms. The maximum atomic E-state index is 13.0. The summed E-state index contributed by atoms with van der Waals surface area (Å²) in [7, 11) is 0. The van der Waals surface area contributed by atoms with E-state index in [1.807, 2.05) is 30.3 Å². The molecule has 0 saturated heterocycles. The third-order valence-corrected chi connectivity index (χ3v) is 4.05. The maximum absolute atomic E-state index is 13.0. The summed E-state index contributed by atoms with van der Waals surface area (Å²) < 4.78 is 5.17. The molecule has 0 radical (unpaired) electrons. The van der Waals surface area contributed by atoms with Crippen molar-refractivity contribution >= 4 is 28.7 Å². The number of hydrogen-bond donors (Lipinski definition) is 1. The smallest absolute Gasteiger partial charge is 0.205 e. The van der Waals surface area contributed by atoms with Crippen molar-refractivity contribution in [3.63, 3.8) is 0 Å². The van der Waals surface area contributed by atoms with Crippen LogP contribution in [0.3, 0.4) is 0 Å². The van der Waals surface area contributed by atoms with Gasteiger partial charge in [-0.05, 0) is 25.1 Å². The second kappa shape index (κ2) is 7.58. The number of H-pyrrole nitrogens is 1. The number of rotatable bonds is 6. The number of aromatic nitrogens is 1. The molecule has 1 N–H and O–H groups in total. The number of aliphatic carboxylic acids is 1. The third kappa shape index (κ3) is 3.72. The minimum atomic E-state index is -1.36. The Morgan fingerprint density at radius 3 is 2.63 bits per heavy atom. The second-order valence-corrected chi connectivity index (χ2v) is 5.87. The molecule has 1 aromatic heterocycles. The van der Waals surface area contributed by atoms with Crippen LogP contribution in [0.4, 0.5) is 0 Å². The number of aryl methyl sites for hydroxylation is 1. The van der Waals surface area contributed by atoms with Gasteiger partial charge in [-0.2, -0.15) is 5.26 Å². The number of aromatic amines is 1. The number of carboxylic acid groups (broad SMARTS) is 1. The number of nitriles is 1. The summed E-state index contributed by atoms with van der Waals surface area (Å²) in [6.07, 6.45) is 1.40. The maximum Gasteiger partial charge on any atom is 0.205 e. The summed E-state index contributed by atoms with van der Waals surface area (Å²) >= 11 is 0. The van der Waals surface area contributed by atoms with Gasteiger partial charge in [0, 0.05) is 22.2 Å². The first-order valence-corrected chi connectivity index (χ1v) is 8.16. The Labute approximate surface area is 155 Å². The van der Waals surface area contributed by atoms with Crippen LogP contribution in [0.5, 0.6) is 5.75 Å². The molecule has 0 saturated carbocycles. The average molecular weight is 359 g/mol. The first kappa shape index (κ1) is 18.0. The molecule has 3 rings (SSSR count). The second-order valence-electron chi connectivity index (χ2n) is 5.87. The molecule has 0 aliphatic carbocycles. The lowest BCUT2D eigenvalue weighted by atomic mass is 9.99. The van der Waals surface area contributed by atoms with Gasteiger partial charge < -0.3 is 19.6 Å². The van der Waals surface area contributed by atoms with Gasteiger partial charge in [0.05, 0.1) is 11.5 Å². The molecular formula is C21H15N2O4-. The van der Waals surface area contributed by atoms with E-state index in [1.54, 1.807) is 31.2 Å². The zero-order valence-corrected chi connectivity index (χ0v) is 14.5. The molecule has 6 heteroatoms. The fraction of sp³-hybridized carbons (Fsp3) is 0.0952. The zero-order valence-electron chi connectivity index (χ0n) is 14.5. The number of carbonyl (C=O) groups is 2. The lowest BCUT2D eigenvalue weighted by Crippen LogP contribution is -2.29. The van der Waals surface area contributed by atoms with Gasteiger partial charge in [0.2, 0.25) is 5.78 Å². The Morgan fingerprint density at radius 2 is 1.89 bits per heavy atom. The quantitative estimate of drug-likeness (QED) is 0.413. The highest BCUT2D eigenvalue weighted by molar-refractivity contribution is 6.20. The summed E-state index contributed by atoms with van der Waals surface area (Å²) in [6.45, 7) is 1.15. The Morgan fingerprint density at radius 1 is 1.19 bits per heavy atom. The minimum absolute atomic E-state index is 0.0765. The molecule has 1 heterocycles. The topological polar surface area (TPSA) is 106 Å². The summed E-state index contributed by atoms with van der Waals surface area (Å²) in [4.78, 5) is 26.8. The molecule has 0 bridgehead atoms. The highest BCUT2D eigenvalue weighted by atomic mass is 16.5. The molecule has 3 aromatic rings.